The molecule has 7 nitrogen and oxygen atoms in total. The van der Waals surface area contributed by atoms with Gasteiger partial charge in [0.15, 0.2) is 5.76 Å². The predicted octanol–water partition coefficient (Wildman–Crippen LogP) is 4.70. The van der Waals surface area contributed by atoms with E-state index in [1.54, 1.807) is 24.3 Å². The van der Waals surface area contributed by atoms with Crippen LogP contribution < -0.4 is 9.47 Å². The topological polar surface area (TPSA) is 81.9 Å². The lowest BCUT2D eigenvalue weighted by molar-refractivity contribution is -0.384. The Morgan fingerprint density at radius 2 is 1.83 bits per heavy atom. The molecule has 0 aromatic heterocycles. The third-order valence-electron chi connectivity index (χ3n) is 6.14. The number of non-ortho nitro benzene ring substituents is 1. The summed E-state index contributed by atoms with van der Waals surface area (Å²) < 4.78 is 12.0. The first-order chi connectivity index (χ1) is 14.6. The van der Waals surface area contributed by atoms with E-state index in [9.17, 15) is 14.9 Å². The number of benzene rings is 2. The smallest absolute Gasteiger partial charge is 0.269 e. The molecule has 1 aliphatic carbocycles. The van der Waals surface area contributed by atoms with E-state index in [4.69, 9.17) is 9.47 Å². The van der Waals surface area contributed by atoms with Gasteiger partial charge in [0.1, 0.15) is 18.2 Å². The third kappa shape index (κ3) is 3.35. The number of hydrogen-bond acceptors (Lipinski definition) is 6. The second kappa shape index (κ2) is 7.57. The molecule has 30 heavy (non-hydrogen) atoms. The number of ketones is 1. The highest BCUT2D eigenvalue weighted by Crippen LogP contribution is 2.43. The second-order valence-corrected chi connectivity index (χ2v) is 8.02. The van der Waals surface area contributed by atoms with Gasteiger partial charge in [-0.2, -0.15) is 0 Å². The van der Waals surface area contributed by atoms with Crippen LogP contribution in [0.15, 0.2) is 42.2 Å². The van der Waals surface area contributed by atoms with Gasteiger partial charge in [0, 0.05) is 24.7 Å². The molecule has 0 atom stereocenters. The Balaban J connectivity index is 1.42. The lowest BCUT2D eigenvalue weighted by Crippen LogP contribution is -2.41. The van der Waals surface area contributed by atoms with Crippen LogP contribution in [0.2, 0.25) is 0 Å². The molecule has 0 amide bonds. The molecule has 0 saturated heterocycles. The van der Waals surface area contributed by atoms with Crippen molar-refractivity contribution in [3.8, 4) is 11.5 Å². The highest BCUT2D eigenvalue weighted by Gasteiger charge is 2.35. The monoisotopic (exact) mass is 406 g/mol. The number of Topliss-reactive ketones (excluding diaryl/α,β-unsaturated/α-hetero) is 1. The van der Waals surface area contributed by atoms with Crippen molar-refractivity contribution in [2.24, 2.45) is 0 Å². The number of nitro groups is 1. The second-order valence-electron chi connectivity index (χ2n) is 8.02. The fourth-order valence-corrected chi connectivity index (χ4v) is 4.50. The number of nitro benzene ring substituents is 1. The van der Waals surface area contributed by atoms with Crippen molar-refractivity contribution < 1.29 is 19.2 Å². The normalized spacial score (nSPS) is 20.4. The molecule has 0 unspecified atom stereocenters. The van der Waals surface area contributed by atoms with Crippen molar-refractivity contribution in [1.29, 1.82) is 0 Å². The van der Waals surface area contributed by atoms with Crippen LogP contribution in [-0.4, -0.2) is 28.4 Å². The van der Waals surface area contributed by atoms with Crippen LogP contribution in [0, 0.1) is 10.1 Å². The van der Waals surface area contributed by atoms with E-state index in [0.717, 1.165) is 11.3 Å². The maximum Gasteiger partial charge on any atom is 0.269 e. The SMILES string of the molecule is O=C1/C(=C\c2ccc([N+](=O)[O-])cc2)Oc2c1ccc1c2CN(C2CCCCC2)CO1. The van der Waals surface area contributed by atoms with E-state index in [-0.39, 0.29) is 17.2 Å². The van der Waals surface area contributed by atoms with Crippen molar-refractivity contribution in [1.82, 2.24) is 4.90 Å². The average molecular weight is 406 g/mol. The molecule has 0 N–H and O–H groups in total. The molecule has 3 aliphatic rings. The summed E-state index contributed by atoms with van der Waals surface area (Å²) in [5.74, 6) is 1.39. The standard InChI is InChI=1S/C23H22N2O5/c26-22-18-10-11-20-19(13-24(14-29-20)16-4-2-1-3-5-16)23(18)30-21(22)12-15-6-8-17(9-7-15)25(27)28/h6-12,16H,1-5,13-14H2/b21-12+. The maximum absolute atomic E-state index is 12.9. The van der Waals surface area contributed by atoms with E-state index >= 15 is 0 Å². The van der Waals surface area contributed by atoms with E-state index in [0.29, 0.717) is 36.2 Å². The lowest BCUT2D eigenvalue weighted by atomic mass is 9.93. The summed E-state index contributed by atoms with van der Waals surface area (Å²) in [5.41, 5.74) is 2.14. The average Bonchev–Trinajstić information content (AvgIpc) is 3.10. The highest BCUT2D eigenvalue weighted by atomic mass is 16.6. The zero-order chi connectivity index (χ0) is 20.7. The highest BCUT2D eigenvalue weighted by molar-refractivity contribution is 6.15. The first-order valence-corrected chi connectivity index (χ1v) is 10.3. The summed E-state index contributed by atoms with van der Waals surface area (Å²) in [6.07, 6.45) is 7.78. The Labute approximate surface area is 174 Å². The lowest BCUT2D eigenvalue weighted by Gasteiger charge is -2.37. The molecule has 2 aliphatic heterocycles. The fraction of sp³-hybridized carbons (Fsp3) is 0.348. The Kier molecular flexibility index (Phi) is 4.75. The number of carbonyl (C=O) groups excluding carboxylic acids is 1. The van der Waals surface area contributed by atoms with Gasteiger partial charge in [0.05, 0.1) is 16.1 Å². The predicted molar refractivity (Wildman–Crippen MR) is 110 cm³/mol. The number of allylic oxidation sites excluding steroid dienone is 1. The van der Waals surface area contributed by atoms with Crippen LogP contribution in [0.1, 0.15) is 53.6 Å². The zero-order valence-electron chi connectivity index (χ0n) is 16.5. The van der Waals surface area contributed by atoms with Crippen LogP contribution in [0.5, 0.6) is 11.5 Å². The Morgan fingerprint density at radius 3 is 2.57 bits per heavy atom. The molecule has 1 fully saturated rings. The van der Waals surface area contributed by atoms with Gasteiger partial charge in [-0.1, -0.05) is 19.3 Å². The summed E-state index contributed by atoms with van der Waals surface area (Å²) in [6, 6.07) is 10.1. The van der Waals surface area contributed by atoms with Gasteiger partial charge in [-0.25, -0.2) is 0 Å². The molecule has 5 rings (SSSR count). The molecular formula is C23H22N2O5. The summed E-state index contributed by atoms with van der Waals surface area (Å²) >= 11 is 0. The number of fused-ring (bicyclic) bond motifs is 3. The Hall–Kier alpha value is -3.19. The van der Waals surface area contributed by atoms with Gasteiger partial charge in [-0.15, -0.1) is 0 Å². The van der Waals surface area contributed by atoms with Crippen LogP contribution >= 0.6 is 0 Å². The van der Waals surface area contributed by atoms with Crippen molar-refractivity contribution in [2.45, 2.75) is 44.7 Å². The molecule has 0 spiro atoms. The van der Waals surface area contributed by atoms with Crippen LogP contribution in [-0.2, 0) is 6.54 Å². The van der Waals surface area contributed by atoms with E-state index < -0.39 is 4.92 Å². The minimum Gasteiger partial charge on any atom is -0.478 e. The minimum absolute atomic E-state index is 0.00752. The van der Waals surface area contributed by atoms with Crippen LogP contribution in [0.3, 0.4) is 0 Å². The maximum atomic E-state index is 12.9. The molecule has 7 heteroatoms. The number of hydrogen-bond donors (Lipinski definition) is 0. The summed E-state index contributed by atoms with van der Waals surface area (Å²) in [7, 11) is 0. The molecule has 154 valence electrons. The van der Waals surface area contributed by atoms with Crippen LogP contribution in [0.4, 0.5) is 5.69 Å². The molecule has 2 aromatic carbocycles. The minimum atomic E-state index is -0.450. The molecule has 2 heterocycles. The first kappa shape index (κ1) is 18.8. The fourth-order valence-electron chi connectivity index (χ4n) is 4.50. The van der Waals surface area contributed by atoms with E-state index in [1.165, 1.54) is 44.2 Å². The Bertz CT molecular complexity index is 1040. The van der Waals surface area contributed by atoms with E-state index in [1.807, 2.05) is 6.07 Å². The molecule has 0 bridgehead atoms. The van der Waals surface area contributed by atoms with Crippen molar-refractivity contribution in [2.75, 3.05) is 6.73 Å². The molecule has 1 saturated carbocycles. The van der Waals surface area contributed by atoms with Crippen molar-refractivity contribution in [3.05, 3.63) is 69.0 Å². The first-order valence-electron chi connectivity index (χ1n) is 10.3. The van der Waals surface area contributed by atoms with Gasteiger partial charge < -0.3 is 9.47 Å². The van der Waals surface area contributed by atoms with Gasteiger partial charge >= 0.3 is 0 Å². The molecular weight excluding hydrogens is 384 g/mol. The number of ether oxygens (including phenoxy) is 2. The van der Waals surface area contributed by atoms with Gasteiger partial charge in [0.2, 0.25) is 5.78 Å². The molecule has 0 radical (unpaired) electrons. The van der Waals surface area contributed by atoms with Gasteiger partial charge in [-0.05, 0) is 48.7 Å². The van der Waals surface area contributed by atoms with Crippen LogP contribution in [0.25, 0.3) is 6.08 Å². The summed E-state index contributed by atoms with van der Waals surface area (Å²) in [4.78, 5) is 25.6. The largest absolute Gasteiger partial charge is 0.478 e. The number of nitrogens with zero attached hydrogens (tertiary/aromatic N) is 2. The molecule has 2 aromatic rings. The third-order valence-corrected chi connectivity index (χ3v) is 6.14. The van der Waals surface area contributed by atoms with Crippen molar-refractivity contribution >= 4 is 17.5 Å². The van der Waals surface area contributed by atoms with Gasteiger partial charge in [-0.3, -0.25) is 19.8 Å². The quantitative estimate of drug-likeness (QED) is 0.418. The number of rotatable bonds is 3. The Morgan fingerprint density at radius 1 is 1.07 bits per heavy atom. The van der Waals surface area contributed by atoms with E-state index in [2.05, 4.69) is 4.90 Å². The number of carbonyl (C=O) groups is 1. The summed E-state index contributed by atoms with van der Waals surface area (Å²) in [6.45, 7) is 1.27. The summed E-state index contributed by atoms with van der Waals surface area (Å²) in [5, 5.41) is 10.8. The van der Waals surface area contributed by atoms with Gasteiger partial charge in [0.25, 0.3) is 5.69 Å². The van der Waals surface area contributed by atoms with Crippen molar-refractivity contribution in [3.63, 3.8) is 0 Å². The zero-order valence-corrected chi connectivity index (χ0v) is 16.5.